The van der Waals surface area contributed by atoms with Gasteiger partial charge in [-0.2, -0.15) is 0 Å². The molecule has 4 rings (SSSR count). The first-order valence-corrected chi connectivity index (χ1v) is 11.1. The summed E-state index contributed by atoms with van der Waals surface area (Å²) in [4.78, 5) is 40.4. The number of nitrogens with zero attached hydrogens (tertiary/aromatic N) is 2. The van der Waals surface area contributed by atoms with E-state index in [1.54, 1.807) is 35.1 Å². The summed E-state index contributed by atoms with van der Waals surface area (Å²) in [5.41, 5.74) is 1.88. The molecule has 1 saturated heterocycles. The quantitative estimate of drug-likeness (QED) is 0.661. The molecule has 1 unspecified atom stereocenters. The molecule has 1 heterocycles. The van der Waals surface area contributed by atoms with Gasteiger partial charge in [0.1, 0.15) is 5.75 Å². The number of carbonyl (C=O) groups is 3. The Labute approximate surface area is 192 Å². The highest BCUT2D eigenvalue weighted by molar-refractivity contribution is 5.88. The first kappa shape index (κ1) is 22.8. The molecule has 8 heteroatoms. The molecule has 33 heavy (non-hydrogen) atoms. The van der Waals surface area contributed by atoms with E-state index in [1.807, 2.05) is 24.3 Å². The minimum absolute atomic E-state index is 0.0103. The van der Waals surface area contributed by atoms with Crippen molar-refractivity contribution < 1.29 is 29.0 Å². The van der Waals surface area contributed by atoms with E-state index in [9.17, 15) is 19.5 Å². The predicted octanol–water partition coefficient (Wildman–Crippen LogP) is 2.56. The number of aromatic carboxylic acids is 1. The van der Waals surface area contributed by atoms with Crippen molar-refractivity contribution in [3.05, 3.63) is 65.2 Å². The van der Waals surface area contributed by atoms with E-state index in [0.717, 1.165) is 29.7 Å². The third kappa shape index (κ3) is 5.90. The third-order valence-corrected chi connectivity index (χ3v) is 5.96. The van der Waals surface area contributed by atoms with Crippen molar-refractivity contribution in [3.63, 3.8) is 0 Å². The fourth-order valence-corrected chi connectivity index (χ4v) is 3.95. The van der Waals surface area contributed by atoms with Gasteiger partial charge in [0.2, 0.25) is 11.8 Å². The molecule has 1 saturated carbocycles. The van der Waals surface area contributed by atoms with Gasteiger partial charge >= 0.3 is 5.97 Å². The Balaban J connectivity index is 1.48. The van der Waals surface area contributed by atoms with Crippen LogP contribution in [0.4, 0.5) is 0 Å². The lowest BCUT2D eigenvalue weighted by atomic mass is 10.1. The highest BCUT2D eigenvalue weighted by Crippen LogP contribution is 2.31. The van der Waals surface area contributed by atoms with Gasteiger partial charge in [0.25, 0.3) is 0 Å². The molecule has 1 aliphatic heterocycles. The number of carboxylic acids is 1. The van der Waals surface area contributed by atoms with E-state index in [1.165, 1.54) is 6.07 Å². The van der Waals surface area contributed by atoms with Gasteiger partial charge in [-0.05, 0) is 48.2 Å². The summed E-state index contributed by atoms with van der Waals surface area (Å²) in [6.07, 6.45) is 1.35. The average molecular weight is 453 g/mol. The minimum atomic E-state index is -0.996. The van der Waals surface area contributed by atoms with Crippen LogP contribution in [0.1, 0.15) is 34.3 Å². The molecule has 2 amide bonds. The van der Waals surface area contributed by atoms with E-state index < -0.39 is 5.97 Å². The second-order valence-electron chi connectivity index (χ2n) is 8.55. The van der Waals surface area contributed by atoms with Crippen molar-refractivity contribution in [2.24, 2.45) is 5.92 Å². The Hall–Kier alpha value is -3.39. The van der Waals surface area contributed by atoms with E-state index >= 15 is 0 Å². The number of carbonyl (C=O) groups excluding carboxylic acids is 2. The second-order valence-corrected chi connectivity index (χ2v) is 8.55. The van der Waals surface area contributed by atoms with Crippen LogP contribution in [0.2, 0.25) is 0 Å². The first-order valence-electron chi connectivity index (χ1n) is 11.1. The van der Waals surface area contributed by atoms with Gasteiger partial charge in [-0.15, -0.1) is 0 Å². The van der Waals surface area contributed by atoms with Crippen molar-refractivity contribution >= 4 is 17.8 Å². The molecule has 2 fully saturated rings. The number of ether oxygens (including phenoxy) is 2. The van der Waals surface area contributed by atoms with E-state index in [-0.39, 0.29) is 42.6 Å². The van der Waals surface area contributed by atoms with Crippen LogP contribution in [0.25, 0.3) is 0 Å². The van der Waals surface area contributed by atoms with Crippen LogP contribution in [-0.4, -0.2) is 65.5 Å². The topological polar surface area (TPSA) is 96.4 Å². The Kier molecular flexibility index (Phi) is 6.93. The Morgan fingerprint density at radius 2 is 1.82 bits per heavy atom. The molecule has 0 aromatic heterocycles. The van der Waals surface area contributed by atoms with Gasteiger partial charge < -0.3 is 24.4 Å². The van der Waals surface area contributed by atoms with E-state index in [4.69, 9.17) is 9.47 Å². The maximum atomic E-state index is 13.0. The molecule has 2 aromatic carbocycles. The Morgan fingerprint density at radius 1 is 1.06 bits per heavy atom. The molecule has 1 atom stereocenters. The van der Waals surface area contributed by atoms with Gasteiger partial charge in [-0.25, -0.2) is 4.79 Å². The first-order chi connectivity index (χ1) is 15.9. The highest BCUT2D eigenvalue weighted by atomic mass is 16.5. The van der Waals surface area contributed by atoms with Crippen LogP contribution in [0.3, 0.4) is 0 Å². The van der Waals surface area contributed by atoms with Crippen molar-refractivity contribution in [1.82, 2.24) is 9.80 Å². The molecule has 2 aromatic rings. The fraction of sp³-hybridized carbons (Fsp3) is 0.400. The summed E-state index contributed by atoms with van der Waals surface area (Å²) in [7, 11) is 1.60. The molecule has 0 bridgehead atoms. The maximum Gasteiger partial charge on any atom is 0.335 e. The molecule has 8 nitrogen and oxygen atoms in total. The zero-order valence-corrected chi connectivity index (χ0v) is 18.6. The smallest absolute Gasteiger partial charge is 0.335 e. The van der Waals surface area contributed by atoms with Gasteiger partial charge in [0.05, 0.1) is 31.9 Å². The SMILES string of the molecule is COc1ccc(CN2CC(OCc3cccc(C(=O)O)c3)CN(C(=O)C3CC3)CC2=O)cc1. The van der Waals surface area contributed by atoms with Crippen LogP contribution >= 0.6 is 0 Å². The normalized spacial score (nSPS) is 18.7. The number of hydrogen-bond donors (Lipinski definition) is 1. The number of amides is 2. The summed E-state index contributed by atoms with van der Waals surface area (Å²) in [5, 5.41) is 9.22. The third-order valence-electron chi connectivity index (χ3n) is 5.96. The molecule has 1 aliphatic carbocycles. The number of hydrogen-bond acceptors (Lipinski definition) is 5. The van der Waals surface area contributed by atoms with Crippen molar-refractivity contribution in [2.45, 2.75) is 32.1 Å². The monoisotopic (exact) mass is 452 g/mol. The molecular weight excluding hydrogens is 424 g/mol. The Bertz CT molecular complexity index is 1020. The van der Waals surface area contributed by atoms with Crippen LogP contribution in [0.5, 0.6) is 5.75 Å². The van der Waals surface area contributed by atoms with Crippen molar-refractivity contribution in [2.75, 3.05) is 26.7 Å². The number of methoxy groups -OCH3 is 1. The van der Waals surface area contributed by atoms with Crippen molar-refractivity contribution in [3.8, 4) is 5.75 Å². The van der Waals surface area contributed by atoms with Gasteiger partial charge in [0.15, 0.2) is 0 Å². The zero-order chi connectivity index (χ0) is 23.4. The summed E-state index contributed by atoms with van der Waals surface area (Å²) >= 11 is 0. The van der Waals surface area contributed by atoms with Crippen LogP contribution in [0.15, 0.2) is 48.5 Å². The van der Waals surface area contributed by atoms with E-state index in [2.05, 4.69) is 0 Å². The highest BCUT2D eigenvalue weighted by Gasteiger charge is 2.38. The molecule has 1 N–H and O–H groups in total. The van der Waals surface area contributed by atoms with Crippen LogP contribution in [-0.2, 0) is 27.5 Å². The second kappa shape index (κ2) is 10.0. The minimum Gasteiger partial charge on any atom is -0.497 e. The molecule has 0 spiro atoms. The summed E-state index contributed by atoms with van der Waals surface area (Å²) < 4.78 is 11.3. The molecular formula is C25H28N2O6. The largest absolute Gasteiger partial charge is 0.497 e. The van der Waals surface area contributed by atoms with Gasteiger partial charge in [0, 0.05) is 25.6 Å². The lowest BCUT2D eigenvalue weighted by Gasteiger charge is -2.25. The maximum absolute atomic E-state index is 13.0. The molecule has 174 valence electrons. The van der Waals surface area contributed by atoms with Gasteiger partial charge in [-0.3, -0.25) is 9.59 Å². The number of rotatable bonds is 8. The Morgan fingerprint density at radius 3 is 2.48 bits per heavy atom. The summed E-state index contributed by atoms with van der Waals surface area (Å²) in [5.74, 6) is -0.343. The summed E-state index contributed by atoms with van der Waals surface area (Å²) in [6, 6.07) is 14.1. The number of carboxylic acid groups (broad SMARTS) is 1. The zero-order valence-electron chi connectivity index (χ0n) is 18.6. The van der Waals surface area contributed by atoms with Crippen LogP contribution < -0.4 is 4.74 Å². The number of benzene rings is 2. The standard InChI is InChI=1S/C25H28N2O6/c1-32-21-9-5-17(6-10-21)12-26-13-22(14-27(15-23(26)28)24(29)19-7-8-19)33-16-18-3-2-4-20(11-18)25(30)31/h2-6,9-11,19,22H,7-8,12-16H2,1H3,(H,30,31). The average Bonchev–Trinajstić information content (AvgIpc) is 3.67. The van der Waals surface area contributed by atoms with Crippen molar-refractivity contribution in [1.29, 1.82) is 0 Å². The lowest BCUT2D eigenvalue weighted by Crippen LogP contribution is -2.40. The van der Waals surface area contributed by atoms with Gasteiger partial charge in [-0.1, -0.05) is 24.3 Å². The summed E-state index contributed by atoms with van der Waals surface area (Å²) in [6.45, 7) is 1.32. The van der Waals surface area contributed by atoms with E-state index in [0.29, 0.717) is 19.6 Å². The van der Waals surface area contributed by atoms with Crippen LogP contribution in [0, 0.1) is 5.92 Å². The molecule has 0 radical (unpaired) electrons. The lowest BCUT2D eigenvalue weighted by molar-refractivity contribution is -0.139. The predicted molar refractivity (Wildman–Crippen MR) is 120 cm³/mol. The fourth-order valence-electron chi connectivity index (χ4n) is 3.95. The molecule has 2 aliphatic rings.